The van der Waals surface area contributed by atoms with Crippen molar-refractivity contribution in [2.24, 2.45) is 15.9 Å². The molecular weight excluding hydrogens is 430 g/mol. The predicted octanol–water partition coefficient (Wildman–Crippen LogP) is 3.33. The molecule has 0 bridgehead atoms. The molecule has 1 saturated heterocycles. The predicted molar refractivity (Wildman–Crippen MR) is 124 cm³/mol. The Morgan fingerprint density at radius 2 is 2.06 bits per heavy atom. The van der Waals surface area contributed by atoms with E-state index in [2.05, 4.69) is 15.1 Å². The first-order chi connectivity index (χ1) is 15.5. The maximum atomic E-state index is 12.5. The van der Waals surface area contributed by atoms with Gasteiger partial charge in [-0.1, -0.05) is 35.0 Å². The van der Waals surface area contributed by atoms with Gasteiger partial charge in [0.05, 0.1) is 11.3 Å². The lowest BCUT2D eigenvalue weighted by molar-refractivity contribution is -0.137. The number of carbonyl (C=O) groups excluding carboxylic acids is 1. The van der Waals surface area contributed by atoms with Gasteiger partial charge < -0.3 is 25.6 Å². The molecule has 1 fully saturated rings. The van der Waals surface area contributed by atoms with E-state index in [-0.39, 0.29) is 24.4 Å². The third kappa shape index (κ3) is 3.72. The number of para-hydroxylation sites is 1. The number of aromatic nitrogens is 1. The van der Waals surface area contributed by atoms with Crippen LogP contribution in [0.3, 0.4) is 0 Å². The molecule has 0 unspecified atom stereocenters. The van der Waals surface area contributed by atoms with Gasteiger partial charge in [-0.15, -0.1) is 0 Å². The van der Waals surface area contributed by atoms with Gasteiger partial charge in [0.1, 0.15) is 11.4 Å². The lowest BCUT2D eigenvalue weighted by Gasteiger charge is -2.29. The Morgan fingerprint density at radius 3 is 2.88 bits per heavy atom. The van der Waals surface area contributed by atoms with Gasteiger partial charge in [0, 0.05) is 40.6 Å². The van der Waals surface area contributed by atoms with E-state index in [1.165, 1.54) is 0 Å². The molecule has 1 aromatic heterocycles. The van der Waals surface area contributed by atoms with Crippen LogP contribution in [0.25, 0.3) is 10.9 Å². The van der Waals surface area contributed by atoms with E-state index in [1.54, 1.807) is 23.1 Å². The first-order valence-corrected chi connectivity index (χ1v) is 10.8. The number of likely N-dealkylation sites (tertiary alicyclic amines) is 1. The number of hydrogen-bond acceptors (Lipinski definition) is 6. The zero-order valence-electron chi connectivity index (χ0n) is 17.2. The number of aromatic amines is 1. The number of aromatic hydroxyl groups is 1. The second-order valence-electron chi connectivity index (χ2n) is 7.95. The maximum Gasteiger partial charge on any atom is 0.263 e. The maximum absolute atomic E-state index is 12.5. The van der Waals surface area contributed by atoms with Gasteiger partial charge in [-0.2, -0.15) is 0 Å². The van der Waals surface area contributed by atoms with Crippen LogP contribution in [0.5, 0.6) is 5.88 Å². The van der Waals surface area contributed by atoms with Crippen molar-refractivity contribution in [3.05, 3.63) is 58.6 Å². The highest BCUT2D eigenvalue weighted by Gasteiger charge is 2.29. The molecule has 0 saturated carbocycles. The Bertz CT molecular complexity index is 1260. The van der Waals surface area contributed by atoms with E-state index in [4.69, 9.17) is 22.2 Å². The minimum absolute atomic E-state index is 0.0396. The molecular formula is C23H22ClN5O3. The first kappa shape index (κ1) is 20.5. The number of benzene rings is 2. The summed E-state index contributed by atoms with van der Waals surface area (Å²) in [5.41, 5.74) is 9.48. The lowest BCUT2D eigenvalue weighted by atomic mass is 10.0. The van der Waals surface area contributed by atoms with Gasteiger partial charge in [-0.25, -0.2) is 4.99 Å². The summed E-state index contributed by atoms with van der Waals surface area (Å²) in [6, 6.07) is 12.9. The minimum atomic E-state index is -0.181. The second-order valence-corrected chi connectivity index (χ2v) is 8.38. The molecule has 2 aliphatic rings. The molecule has 5 rings (SSSR count). The van der Waals surface area contributed by atoms with Crippen molar-refractivity contribution in [3.8, 4) is 5.88 Å². The van der Waals surface area contributed by atoms with E-state index in [9.17, 15) is 9.90 Å². The monoisotopic (exact) mass is 451 g/mol. The molecule has 4 N–H and O–H groups in total. The first-order valence-electron chi connectivity index (χ1n) is 10.4. The molecule has 0 spiro atoms. The van der Waals surface area contributed by atoms with E-state index >= 15 is 0 Å². The van der Waals surface area contributed by atoms with Crippen molar-refractivity contribution in [3.63, 3.8) is 0 Å². The van der Waals surface area contributed by atoms with Gasteiger partial charge in [0.25, 0.3) is 5.91 Å². The van der Waals surface area contributed by atoms with Gasteiger partial charge in [0.15, 0.2) is 12.5 Å². The smallest absolute Gasteiger partial charge is 0.263 e. The zero-order valence-corrected chi connectivity index (χ0v) is 18.0. The van der Waals surface area contributed by atoms with Gasteiger partial charge in [-0.3, -0.25) is 4.79 Å². The quantitative estimate of drug-likeness (QED) is 0.527. The molecule has 164 valence electrons. The molecule has 3 heterocycles. The molecule has 3 aromatic rings. The number of fused-ring (bicyclic) bond motifs is 2. The van der Waals surface area contributed by atoms with Crippen LogP contribution < -0.4 is 5.73 Å². The van der Waals surface area contributed by atoms with Crippen molar-refractivity contribution in [1.82, 2.24) is 9.88 Å². The van der Waals surface area contributed by atoms with Crippen LogP contribution in [0.1, 0.15) is 24.0 Å². The third-order valence-corrected chi connectivity index (χ3v) is 6.06. The average molecular weight is 452 g/mol. The number of nitrogens with two attached hydrogens (primary N) is 1. The zero-order chi connectivity index (χ0) is 22.2. The van der Waals surface area contributed by atoms with Crippen LogP contribution in [0.4, 0.5) is 5.69 Å². The minimum Gasteiger partial charge on any atom is -0.494 e. The number of carbonyl (C=O) groups is 1. The van der Waals surface area contributed by atoms with Crippen LogP contribution in [0, 0.1) is 0 Å². The standard InChI is InChI=1S/C23H22ClN5O3/c24-13-5-6-18-16(11-13)20(23(31)27-18)22-21(15-3-1-2-4-17(15)26-22)28-32-12-19(30)29-9-7-14(25)8-10-29/h1-6,11,14,27,31H,7-10,12,25H2/b28-21+. The van der Waals surface area contributed by atoms with Crippen LogP contribution in [-0.4, -0.2) is 58.1 Å². The highest BCUT2D eigenvalue weighted by Crippen LogP contribution is 2.36. The van der Waals surface area contributed by atoms with Crippen molar-refractivity contribution >= 4 is 45.5 Å². The highest BCUT2D eigenvalue weighted by molar-refractivity contribution is 6.58. The number of oxime groups is 1. The average Bonchev–Trinajstić information content (AvgIpc) is 3.30. The molecule has 2 aliphatic heterocycles. The summed E-state index contributed by atoms with van der Waals surface area (Å²) in [4.78, 5) is 27.4. The van der Waals surface area contributed by atoms with E-state index in [0.717, 1.165) is 29.3 Å². The SMILES string of the molecule is NC1CCN(C(=O)CO/N=C2/C(c3c(O)[nH]c4ccc(Cl)cc34)=Nc3ccccc32)CC1. The fraction of sp³-hybridized carbons (Fsp3) is 0.261. The Balaban J connectivity index is 1.45. The summed E-state index contributed by atoms with van der Waals surface area (Å²) in [6.45, 7) is 1.07. The van der Waals surface area contributed by atoms with E-state index < -0.39 is 0 Å². The highest BCUT2D eigenvalue weighted by atomic mass is 35.5. The molecule has 32 heavy (non-hydrogen) atoms. The number of amides is 1. The number of piperidine rings is 1. The van der Waals surface area contributed by atoms with Crippen molar-refractivity contribution in [2.75, 3.05) is 19.7 Å². The number of aliphatic imine (C=N–C) groups is 1. The largest absolute Gasteiger partial charge is 0.494 e. The molecule has 0 aliphatic carbocycles. The van der Waals surface area contributed by atoms with E-state index in [0.29, 0.717) is 40.8 Å². The van der Waals surface area contributed by atoms with Crippen LogP contribution in [0.15, 0.2) is 52.6 Å². The number of hydrogen-bond donors (Lipinski definition) is 3. The number of nitrogens with one attached hydrogen (secondary N) is 1. The van der Waals surface area contributed by atoms with Gasteiger partial charge in [0.2, 0.25) is 0 Å². The molecule has 1 amide bonds. The fourth-order valence-corrected chi connectivity index (χ4v) is 4.29. The topological polar surface area (TPSA) is 116 Å². The number of H-pyrrole nitrogens is 1. The molecule has 0 atom stereocenters. The summed E-state index contributed by atoms with van der Waals surface area (Å²) in [5, 5.41) is 16.2. The summed E-state index contributed by atoms with van der Waals surface area (Å²) < 4.78 is 0. The second kappa shape index (κ2) is 8.29. The summed E-state index contributed by atoms with van der Waals surface area (Å²) in [7, 11) is 0. The van der Waals surface area contributed by atoms with Gasteiger partial charge in [-0.05, 0) is 37.1 Å². The summed E-state index contributed by atoms with van der Waals surface area (Å²) >= 11 is 6.19. The number of rotatable bonds is 4. The van der Waals surface area contributed by atoms with Crippen molar-refractivity contribution in [2.45, 2.75) is 18.9 Å². The summed E-state index contributed by atoms with van der Waals surface area (Å²) in [5.74, 6) is -0.171. The Hall–Kier alpha value is -3.36. The Kier molecular flexibility index (Phi) is 5.32. The van der Waals surface area contributed by atoms with E-state index in [1.807, 2.05) is 24.3 Å². The summed E-state index contributed by atoms with van der Waals surface area (Å²) in [6.07, 6.45) is 1.57. The molecule has 8 nitrogen and oxygen atoms in total. The number of nitrogens with zero attached hydrogens (tertiary/aromatic N) is 3. The number of halogens is 1. The van der Waals surface area contributed by atoms with Gasteiger partial charge >= 0.3 is 0 Å². The third-order valence-electron chi connectivity index (χ3n) is 5.83. The molecule has 0 radical (unpaired) electrons. The molecule has 9 heteroatoms. The van der Waals surface area contributed by atoms with Crippen molar-refractivity contribution < 1.29 is 14.7 Å². The Morgan fingerprint density at radius 1 is 1.28 bits per heavy atom. The van der Waals surface area contributed by atoms with Crippen LogP contribution in [0.2, 0.25) is 5.02 Å². The molecule has 2 aromatic carbocycles. The Labute approximate surface area is 189 Å². The van der Waals surface area contributed by atoms with Crippen LogP contribution in [-0.2, 0) is 9.63 Å². The normalized spacial score (nSPS) is 17.6. The van der Waals surface area contributed by atoms with Crippen molar-refractivity contribution in [1.29, 1.82) is 0 Å². The lowest BCUT2D eigenvalue weighted by Crippen LogP contribution is -2.44. The fourth-order valence-electron chi connectivity index (χ4n) is 4.12. The van der Waals surface area contributed by atoms with Crippen LogP contribution >= 0.6 is 11.6 Å².